The van der Waals surface area contributed by atoms with E-state index in [2.05, 4.69) is 16.2 Å². The predicted molar refractivity (Wildman–Crippen MR) is 125 cm³/mol. The maximum Gasteiger partial charge on any atom is 0.269 e. The fraction of sp³-hybridized carbons (Fsp3) is 0.391. The highest BCUT2D eigenvalue weighted by molar-refractivity contribution is 6.35. The summed E-state index contributed by atoms with van der Waals surface area (Å²) >= 11 is 12.2. The largest absolute Gasteiger partial charge is 0.337 e. The van der Waals surface area contributed by atoms with Gasteiger partial charge in [0.15, 0.2) is 5.66 Å². The number of nitrogens with zero attached hydrogens (tertiary/aromatic N) is 4. The lowest BCUT2D eigenvalue weighted by molar-refractivity contribution is -0.169. The summed E-state index contributed by atoms with van der Waals surface area (Å²) in [5, 5.41) is 3.75. The molecule has 0 bridgehead atoms. The van der Waals surface area contributed by atoms with Crippen molar-refractivity contribution in [1.29, 1.82) is 0 Å². The van der Waals surface area contributed by atoms with Crippen LogP contribution < -0.4 is 5.32 Å². The summed E-state index contributed by atoms with van der Waals surface area (Å²) in [5.41, 5.74) is -0.754. The number of rotatable bonds is 9. The summed E-state index contributed by atoms with van der Waals surface area (Å²) < 4.78 is 1.86. The van der Waals surface area contributed by atoms with Gasteiger partial charge in [0, 0.05) is 48.9 Å². The van der Waals surface area contributed by atoms with Gasteiger partial charge < -0.3 is 14.8 Å². The van der Waals surface area contributed by atoms with E-state index < -0.39 is 11.6 Å². The average Bonchev–Trinajstić information content (AvgIpc) is 3.27. The minimum Gasteiger partial charge on any atom is -0.337 e. The van der Waals surface area contributed by atoms with Gasteiger partial charge in [-0.1, -0.05) is 35.2 Å². The van der Waals surface area contributed by atoms with E-state index in [0.717, 1.165) is 5.56 Å². The molecular formula is C23H25Cl2N5O3. The molecule has 2 aromatic rings. The predicted octanol–water partition coefficient (Wildman–Crippen LogP) is 2.35. The molecule has 1 N–H and O–H groups in total. The van der Waals surface area contributed by atoms with Gasteiger partial charge in [0.05, 0.1) is 19.4 Å². The van der Waals surface area contributed by atoms with Crippen LogP contribution in [0, 0.1) is 12.3 Å². The van der Waals surface area contributed by atoms with Crippen LogP contribution in [0.25, 0.3) is 0 Å². The summed E-state index contributed by atoms with van der Waals surface area (Å²) in [5.74, 6) is 1.32. The topological polar surface area (TPSA) is 87.5 Å². The molecule has 1 aliphatic rings. The lowest BCUT2D eigenvalue weighted by atomic mass is 9.95. The zero-order valence-electron chi connectivity index (χ0n) is 18.3. The van der Waals surface area contributed by atoms with Crippen molar-refractivity contribution in [2.24, 2.45) is 0 Å². The first-order valence-corrected chi connectivity index (χ1v) is 11.2. The molecule has 174 valence electrons. The monoisotopic (exact) mass is 489 g/mol. The van der Waals surface area contributed by atoms with Gasteiger partial charge in [-0.2, -0.15) is 0 Å². The molecule has 3 rings (SSSR count). The highest BCUT2D eigenvalue weighted by atomic mass is 35.5. The third-order valence-corrected chi connectivity index (χ3v) is 6.13. The van der Waals surface area contributed by atoms with Crippen molar-refractivity contribution in [3.8, 4) is 12.3 Å². The van der Waals surface area contributed by atoms with Crippen LogP contribution >= 0.6 is 23.2 Å². The maximum absolute atomic E-state index is 13.7. The zero-order valence-corrected chi connectivity index (χ0v) is 19.8. The summed E-state index contributed by atoms with van der Waals surface area (Å²) in [6.45, 7) is 1.91. The van der Waals surface area contributed by atoms with Crippen molar-refractivity contribution in [2.45, 2.75) is 38.4 Å². The van der Waals surface area contributed by atoms with Gasteiger partial charge in [0.2, 0.25) is 11.8 Å². The van der Waals surface area contributed by atoms with Crippen LogP contribution in [-0.2, 0) is 27.3 Å². The lowest BCUT2D eigenvalue weighted by Crippen LogP contribution is -2.74. The number of benzene rings is 1. The molecule has 33 heavy (non-hydrogen) atoms. The normalized spacial score (nSPS) is 18.4. The van der Waals surface area contributed by atoms with Crippen LogP contribution in [0.2, 0.25) is 10.0 Å². The SMILES string of the molecule is C#CCN1C(=O)CN(CCc2ccc(Cl)cc2Cl)C(=O)C1(CCCn1ccnc1)NC(C)=O. The Morgan fingerprint density at radius 3 is 2.73 bits per heavy atom. The minimum atomic E-state index is -1.56. The van der Waals surface area contributed by atoms with E-state index in [-0.39, 0.29) is 37.9 Å². The standard InChI is InChI=1S/C23H25Cl2N5O3/c1-3-10-30-21(32)15-29(12-7-18-5-6-19(24)14-20(18)25)22(33)23(30,27-17(2)31)8-4-11-28-13-9-26-16-28/h1,5-6,9,13-14,16H,4,7-8,10-12,15H2,2H3,(H,27,31). The quantitative estimate of drug-likeness (QED) is 0.547. The number of terminal acetylenes is 1. The molecule has 0 saturated carbocycles. The zero-order chi connectivity index (χ0) is 24.0. The van der Waals surface area contributed by atoms with Crippen LogP contribution in [0.1, 0.15) is 25.3 Å². The van der Waals surface area contributed by atoms with Crippen molar-refractivity contribution < 1.29 is 14.4 Å². The van der Waals surface area contributed by atoms with E-state index in [4.69, 9.17) is 29.6 Å². The Bertz CT molecular complexity index is 1070. The number of halogens is 2. The van der Waals surface area contributed by atoms with E-state index in [1.54, 1.807) is 36.9 Å². The van der Waals surface area contributed by atoms with E-state index in [9.17, 15) is 14.4 Å². The number of carbonyl (C=O) groups is 3. The van der Waals surface area contributed by atoms with Crippen molar-refractivity contribution in [2.75, 3.05) is 19.6 Å². The molecule has 1 aromatic heterocycles. The Morgan fingerprint density at radius 1 is 1.30 bits per heavy atom. The van der Waals surface area contributed by atoms with Crippen molar-refractivity contribution in [3.63, 3.8) is 0 Å². The maximum atomic E-state index is 13.7. The van der Waals surface area contributed by atoms with Crippen molar-refractivity contribution in [1.82, 2.24) is 24.7 Å². The fourth-order valence-corrected chi connectivity index (χ4v) is 4.54. The second kappa shape index (κ2) is 10.7. The van der Waals surface area contributed by atoms with Crippen LogP contribution in [0.5, 0.6) is 0 Å². The van der Waals surface area contributed by atoms with Crippen LogP contribution in [0.4, 0.5) is 0 Å². The van der Waals surface area contributed by atoms with E-state index in [0.29, 0.717) is 29.4 Å². The molecule has 1 unspecified atom stereocenters. The number of piperazine rings is 1. The van der Waals surface area contributed by atoms with Crippen LogP contribution in [0.15, 0.2) is 36.9 Å². The third-order valence-electron chi connectivity index (χ3n) is 5.54. The number of aryl methyl sites for hydroxylation is 1. The van der Waals surface area contributed by atoms with Gasteiger partial charge in [0.25, 0.3) is 5.91 Å². The van der Waals surface area contributed by atoms with Gasteiger partial charge in [-0.15, -0.1) is 6.42 Å². The molecule has 0 radical (unpaired) electrons. The summed E-state index contributed by atoms with van der Waals surface area (Å²) in [6.07, 6.45) is 11.8. The molecule has 1 aromatic carbocycles. The number of nitrogens with one attached hydrogen (secondary N) is 1. The molecule has 0 spiro atoms. The Balaban J connectivity index is 1.86. The van der Waals surface area contributed by atoms with E-state index >= 15 is 0 Å². The number of aromatic nitrogens is 2. The number of imidazole rings is 1. The number of hydrogen-bond donors (Lipinski definition) is 1. The first-order valence-electron chi connectivity index (χ1n) is 10.5. The first-order chi connectivity index (χ1) is 15.8. The molecule has 3 amide bonds. The molecule has 10 heteroatoms. The molecule has 1 fully saturated rings. The third kappa shape index (κ3) is 5.67. The minimum absolute atomic E-state index is 0.0905. The van der Waals surface area contributed by atoms with Gasteiger partial charge in [-0.3, -0.25) is 19.3 Å². The number of hydrogen-bond acceptors (Lipinski definition) is 4. The Morgan fingerprint density at radius 2 is 2.09 bits per heavy atom. The average molecular weight is 490 g/mol. The number of amides is 3. The van der Waals surface area contributed by atoms with Crippen molar-refractivity contribution >= 4 is 40.9 Å². The molecule has 2 heterocycles. The van der Waals surface area contributed by atoms with Gasteiger partial charge in [-0.05, 0) is 30.5 Å². The molecule has 1 aliphatic heterocycles. The first kappa shape index (κ1) is 24.6. The van der Waals surface area contributed by atoms with E-state index in [1.165, 1.54) is 16.7 Å². The summed E-state index contributed by atoms with van der Waals surface area (Å²) in [6, 6.07) is 5.14. The fourth-order valence-electron chi connectivity index (χ4n) is 4.04. The lowest BCUT2D eigenvalue weighted by Gasteiger charge is -2.48. The summed E-state index contributed by atoms with van der Waals surface area (Å²) in [7, 11) is 0. The molecular weight excluding hydrogens is 465 g/mol. The summed E-state index contributed by atoms with van der Waals surface area (Å²) in [4.78, 5) is 45.7. The van der Waals surface area contributed by atoms with Gasteiger partial charge >= 0.3 is 0 Å². The highest BCUT2D eigenvalue weighted by Gasteiger charge is 2.52. The van der Waals surface area contributed by atoms with E-state index in [1.807, 2.05) is 4.57 Å². The number of carbonyl (C=O) groups excluding carboxylic acids is 3. The Hall–Kier alpha value is -3.02. The molecule has 1 saturated heterocycles. The molecule has 8 nitrogen and oxygen atoms in total. The van der Waals surface area contributed by atoms with Crippen LogP contribution in [-0.4, -0.2) is 62.4 Å². The molecule has 1 atom stereocenters. The van der Waals surface area contributed by atoms with Crippen LogP contribution in [0.3, 0.4) is 0 Å². The van der Waals surface area contributed by atoms with Gasteiger partial charge in [-0.25, -0.2) is 4.98 Å². The molecule has 0 aliphatic carbocycles. The van der Waals surface area contributed by atoms with Gasteiger partial charge in [0.1, 0.15) is 0 Å². The Labute approximate surface area is 202 Å². The smallest absolute Gasteiger partial charge is 0.269 e. The van der Waals surface area contributed by atoms with Crippen molar-refractivity contribution in [3.05, 3.63) is 52.5 Å². The second-order valence-corrected chi connectivity index (χ2v) is 8.69. The Kier molecular flexibility index (Phi) is 8.01. The highest BCUT2D eigenvalue weighted by Crippen LogP contribution is 2.28. The second-order valence-electron chi connectivity index (χ2n) is 7.84.